The average Bonchev–Trinajstić information content (AvgIpc) is 3.17. The first-order chi connectivity index (χ1) is 9.97. The number of carboxylic acid groups (broad SMARTS) is 1. The fraction of sp³-hybridized carbons (Fsp3) is 0.500. The molecule has 1 aromatic rings. The highest BCUT2D eigenvalue weighted by atomic mass is 16.4. The van der Waals surface area contributed by atoms with Gasteiger partial charge in [0.1, 0.15) is 0 Å². The minimum Gasteiger partial charge on any atom is -0.481 e. The summed E-state index contributed by atoms with van der Waals surface area (Å²) < 4.78 is 0. The summed E-state index contributed by atoms with van der Waals surface area (Å²) in [6.07, 6.45) is 0.876. The zero-order valence-corrected chi connectivity index (χ0v) is 12.4. The number of amides is 2. The van der Waals surface area contributed by atoms with Gasteiger partial charge in [0.05, 0.1) is 6.42 Å². The Balaban J connectivity index is 1.81. The van der Waals surface area contributed by atoms with Crippen molar-refractivity contribution in [3.05, 3.63) is 35.9 Å². The SMILES string of the molecule is CC(C)C(CC(=O)O)NC(=O)NC1CC1c1ccccc1. The lowest BCUT2D eigenvalue weighted by molar-refractivity contribution is -0.137. The lowest BCUT2D eigenvalue weighted by atomic mass is 10.0. The molecule has 5 nitrogen and oxygen atoms in total. The molecular weight excluding hydrogens is 268 g/mol. The van der Waals surface area contributed by atoms with E-state index in [-0.39, 0.29) is 30.5 Å². The highest BCUT2D eigenvalue weighted by molar-refractivity contribution is 5.76. The highest BCUT2D eigenvalue weighted by Gasteiger charge is 2.39. The molecular formula is C16H22N2O3. The Morgan fingerprint density at radius 3 is 2.52 bits per heavy atom. The van der Waals surface area contributed by atoms with Gasteiger partial charge in [0.2, 0.25) is 0 Å². The van der Waals surface area contributed by atoms with E-state index in [1.54, 1.807) is 0 Å². The first kappa shape index (κ1) is 15.4. The molecule has 3 N–H and O–H groups in total. The van der Waals surface area contributed by atoms with E-state index in [0.717, 1.165) is 6.42 Å². The molecule has 1 saturated carbocycles. The predicted octanol–water partition coefficient (Wildman–Crippen LogP) is 2.34. The molecule has 0 saturated heterocycles. The van der Waals surface area contributed by atoms with Crippen LogP contribution in [0.3, 0.4) is 0 Å². The number of nitrogens with one attached hydrogen (secondary N) is 2. The van der Waals surface area contributed by atoms with Gasteiger partial charge in [-0.1, -0.05) is 44.2 Å². The molecule has 2 amide bonds. The molecule has 0 aliphatic heterocycles. The van der Waals surface area contributed by atoms with Crippen molar-refractivity contribution in [2.75, 3.05) is 0 Å². The first-order valence-corrected chi connectivity index (χ1v) is 7.31. The van der Waals surface area contributed by atoms with E-state index in [1.165, 1.54) is 5.56 Å². The molecule has 1 fully saturated rings. The van der Waals surface area contributed by atoms with Crippen molar-refractivity contribution in [1.29, 1.82) is 0 Å². The zero-order chi connectivity index (χ0) is 15.4. The van der Waals surface area contributed by atoms with Crippen LogP contribution in [0.15, 0.2) is 30.3 Å². The molecule has 5 heteroatoms. The van der Waals surface area contributed by atoms with Crippen LogP contribution in [-0.2, 0) is 4.79 Å². The van der Waals surface area contributed by atoms with Crippen molar-refractivity contribution in [1.82, 2.24) is 10.6 Å². The van der Waals surface area contributed by atoms with Crippen molar-refractivity contribution in [3.63, 3.8) is 0 Å². The Morgan fingerprint density at radius 2 is 1.95 bits per heavy atom. The molecule has 3 atom stereocenters. The van der Waals surface area contributed by atoms with E-state index in [0.29, 0.717) is 5.92 Å². The van der Waals surface area contributed by atoms with E-state index in [4.69, 9.17) is 5.11 Å². The van der Waals surface area contributed by atoms with Crippen LogP contribution in [0, 0.1) is 5.92 Å². The number of carbonyl (C=O) groups is 2. The standard InChI is InChI=1S/C16H22N2O3/c1-10(2)13(9-15(19)20)17-16(21)18-14-8-12(14)11-6-4-3-5-7-11/h3-7,10,12-14H,8-9H2,1-2H3,(H,19,20)(H2,17,18,21). The van der Waals surface area contributed by atoms with Crippen LogP contribution in [0.1, 0.15) is 38.2 Å². The Kier molecular flexibility index (Phi) is 4.83. The minimum absolute atomic E-state index is 0.0577. The molecule has 0 bridgehead atoms. The molecule has 2 rings (SSSR count). The number of aliphatic carboxylic acids is 1. The summed E-state index contributed by atoms with van der Waals surface area (Å²) >= 11 is 0. The lowest BCUT2D eigenvalue weighted by Gasteiger charge is -2.20. The number of rotatable bonds is 6. The van der Waals surface area contributed by atoms with Gasteiger partial charge < -0.3 is 15.7 Å². The molecule has 114 valence electrons. The number of carboxylic acids is 1. The van der Waals surface area contributed by atoms with Crippen LogP contribution < -0.4 is 10.6 Å². The molecule has 3 unspecified atom stereocenters. The van der Waals surface area contributed by atoms with E-state index < -0.39 is 5.97 Å². The summed E-state index contributed by atoms with van der Waals surface area (Å²) in [7, 11) is 0. The molecule has 0 radical (unpaired) electrons. The number of urea groups is 1. The average molecular weight is 290 g/mol. The summed E-state index contributed by atoms with van der Waals surface area (Å²) in [6, 6.07) is 9.59. The predicted molar refractivity (Wildman–Crippen MR) is 80.1 cm³/mol. The van der Waals surface area contributed by atoms with Gasteiger partial charge in [0.15, 0.2) is 0 Å². The van der Waals surface area contributed by atoms with Gasteiger partial charge in [-0.2, -0.15) is 0 Å². The van der Waals surface area contributed by atoms with E-state index in [9.17, 15) is 9.59 Å². The number of hydrogen-bond donors (Lipinski definition) is 3. The maximum absolute atomic E-state index is 12.0. The zero-order valence-electron chi connectivity index (χ0n) is 12.4. The lowest BCUT2D eigenvalue weighted by Crippen LogP contribution is -2.46. The second-order valence-electron chi connectivity index (χ2n) is 5.93. The van der Waals surface area contributed by atoms with Gasteiger partial charge in [-0.05, 0) is 17.9 Å². The third-order valence-electron chi connectivity index (χ3n) is 3.85. The first-order valence-electron chi connectivity index (χ1n) is 7.31. The Labute approximate surface area is 124 Å². The summed E-state index contributed by atoms with van der Waals surface area (Å²) in [5.41, 5.74) is 1.23. The third kappa shape index (κ3) is 4.48. The quantitative estimate of drug-likeness (QED) is 0.752. The summed E-state index contributed by atoms with van der Waals surface area (Å²) in [6.45, 7) is 3.80. The molecule has 0 spiro atoms. The molecule has 1 aliphatic carbocycles. The van der Waals surface area contributed by atoms with E-state index in [1.807, 2.05) is 32.0 Å². The van der Waals surface area contributed by atoms with Crippen LogP contribution in [-0.4, -0.2) is 29.2 Å². The molecule has 1 aliphatic rings. The van der Waals surface area contributed by atoms with Crippen LogP contribution in [0.5, 0.6) is 0 Å². The Morgan fingerprint density at radius 1 is 1.29 bits per heavy atom. The van der Waals surface area contributed by atoms with Crippen LogP contribution in [0.25, 0.3) is 0 Å². The van der Waals surface area contributed by atoms with Crippen LogP contribution in [0.4, 0.5) is 4.79 Å². The van der Waals surface area contributed by atoms with Crippen molar-refractivity contribution >= 4 is 12.0 Å². The van der Waals surface area contributed by atoms with Crippen molar-refractivity contribution in [2.45, 2.75) is 44.7 Å². The van der Waals surface area contributed by atoms with Gasteiger partial charge in [-0.15, -0.1) is 0 Å². The minimum atomic E-state index is -0.900. The van der Waals surface area contributed by atoms with Gasteiger partial charge in [-0.25, -0.2) is 4.79 Å². The number of carbonyl (C=O) groups excluding carboxylic acids is 1. The maximum atomic E-state index is 12.0. The second kappa shape index (κ2) is 6.61. The highest BCUT2D eigenvalue weighted by Crippen LogP contribution is 2.40. The van der Waals surface area contributed by atoms with Gasteiger partial charge in [0, 0.05) is 18.0 Å². The fourth-order valence-corrected chi connectivity index (χ4v) is 2.44. The number of benzene rings is 1. The van der Waals surface area contributed by atoms with Crippen molar-refractivity contribution < 1.29 is 14.7 Å². The maximum Gasteiger partial charge on any atom is 0.315 e. The summed E-state index contributed by atoms with van der Waals surface area (Å²) in [5.74, 6) is -0.451. The van der Waals surface area contributed by atoms with Gasteiger partial charge in [-0.3, -0.25) is 4.79 Å². The molecule has 0 aromatic heterocycles. The van der Waals surface area contributed by atoms with Crippen molar-refractivity contribution in [3.8, 4) is 0 Å². The third-order valence-corrected chi connectivity index (χ3v) is 3.85. The Hall–Kier alpha value is -2.04. The van der Waals surface area contributed by atoms with Gasteiger partial charge >= 0.3 is 12.0 Å². The van der Waals surface area contributed by atoms with Crippen LogP contribution >= 0.6 is 0 Å². The number of hydrogen-bond acceptors (Lipinski definition) is 2. The largest absolute Gasteiger partial charge is 0.481 e. The monoisotopic (exact) mass is 290 g/mol. The van der Waals surface area contributed by atoms with E-state index in [2.05, 4.69) is 22.8 Å². The van der Waals surface area contributed by atoms with Crippen LogP contribution in [0.2, 0.25) is 0 Å². The smallest absolute Gasteiger partial charge is 0.315 e. The fourth-order valence-electron chi connectivity index (χ4n) is 2.44. The molecule has 1 aromatic carbocycles. The second-order valence-corrected chi connectivity index (χ2v) is 5.93. The topological polar surface area (TPSA) is 78.4 Å². The normalized spacial score (nSPS) is 21.7. The van der Waals surface area contributed by atoms with Gasteiger partial charge in [0.25, 0.3) is 0 Å². The Bertz CT molecular complexity index is 502. The molecule has 21 heavy (non-hydrogen) atoms. The summed E-state index contributed by atoms with van der Waals surface area (Å²) in [4.78, 5) is 22.7. The van der Waals surface area contributed by atoms with Crippen molar-refractivity contribution in [2.24, 2.45) is 5.92 Å². The molecule has 0 heterocycles. The summed E-state index contributed by atoms with van der Waals surface area (Å²) in [5, 5.41) is 14.5. The van der Waals surface area contributed by atoms with E-state index >= 15 is 0 Å².